The van der Waals surface area contributed by atoms with Crippen molar-refractivity contribution in [3.05, 3.63) is 41.5 Å². The van der Waals surface area contributed by atoms with Gasteiger partial charge in [-0.1, -0.05) is 50.1 Å². The Morgan fingerprint density at radius 3 is 2.71 bits per heavy atom. The Balaban J connectivity index is 2.40. The first-order chi connectivity index (χ1) is 8.07. The van der Waals surface area contributed by atoms with Gasteiger partial charge in [-0.05, 0) is 37.0 Å². The van der Waals surface area contributed by atoms with Gasteiger partial charge in [0.1, 0.15) is 0 Å². The molecule has 1 aromatic carbocycles. The zero-order valence-electron chi connectivity index (χ0n) is 11.0. The fourth-order valence-electron chi connectivity index (χ4n) is 2.81. The lowest BCUT2D eigenvalue weighted by atomic mass is 9.72. The summed E-state index contributed by atoms with van der Waals surface area (Å²) in [5.41, 5.74) is 2.87. The molecule has 2 atom stereocenters. The van der Waals surface area contributed by atoms with E-state index in [4.69, 9.17) is 0 Å². The third kappa shape index (κ3) is 2.16. The SMILES string of the molecule is CCCC[C@@H]1C=C(C)c2ccccc2[C@@]1(C)O. The Morgan fingerprint density at radius 2 is 2.00 bits per heavy atom. The molecule has 1 nitrogen and oxygen atoms in total. The van der Waals surface area contributed by atoms with Gasteiger partial charge in [0.2, 0.25) is 0 Å². The summed E-state index contributed by atoms with van der Waals surface area (Å²) in [6, 6.07) is 8.22. The van der Waals surface area contributed by atoms with Crippen molar-refractivity contribution in [3.63, 3.8) is 0 Å². The molecule has 0 bridgehead atoms. The first kappa shape index (κ1) is 12.4. The Morgan fingerprint density at radius 1 is 1.29 bits per heavy atom. The van der Waals surface area contributed by atoms with E-state index >= 15 is 0 Å². The van der Waals surface area contributed by atoms with Crippen LogP contribution in [0.1, 0.15) is 51.2 Å². The Hall–Kier alpha value is -1.08. The number of unbranched alkanes of at least 4 members (excludes halogenated alkanes) is 1. The molecule has 0 saturated heterocycles. The van der Waals surface area contributed by atoms with Crippen LogP contribution in [0.2, 0.25) is 0 Å². The molecule has 0 spiro atoms. The Bertz CT molecular complexity index is 429. The molecular formula is C16H22O. The maximum Gasteiger partial charge on any atom is 0.0936 e. The van der Waals surface area contributed by atoms with Crippen LogP contribution in [0.4, 0.5) is 0 Å². The van der Waals surface area contributed by atoms with Crippen LogP contribution in [0, 0.1) is 5.92 Å². The van der Waals surface area contributed by atoms with Gasteiger partial charge >= 0.3 is 0 Å². The summed E-state index contributed by atoms with van der Waals surface area (Å²) in [5, 5.41) is 10.8. The van der Waals surface area contributed by atoms with Crippen molar-refractivity contribution >= 4 is 5.57 Å². The van der Waals surface area contributed by atoms with Crippen LogP contribution < -0.4 is 0 Å². The number of rotatable bonds is 3. The second-order valence-corrected chi connectivity index (χ2v) is 5.29. The molecule has 1 heteroatoms. The average Bonchev–Trinajstić information content (AvgIpc) is 2.32. The summed E-state index contributed by atoms with van der Waals surface area (Å²) in [7, 11) is 0. The van der Waals surface area contributed by atoms with Gasteiger partial charge in [-0.25, -0.2) is 0 Å². The third-order valence-corrected chi connectivity index (χ3v) is 3.94. The smallest absolute Gasteiger partial charge is 0.0936 e. The quantitative estimate of drug-likeness (QED) is 0.828. The first-order valence-electron chi connectivity index (χ1n) is 6.58. The molecule has 0 unspecified atom stereocenters. The van der Waals surface area contributed by atoms with Gasteiger partial charge in [-0.2, -0.15) is 0 Å². The molecule has 0 heterocycles. The van der Waals surface area contributed by atoms with Crippen LogP contribution in [0.5, 0.6) is 0 Å². The van der Waals surface area contributed by atoms with Crippen molar-refractivity contribution in [1.82, 2.24) is 0 Å². The highest BCUT2D eigenvalue weighted by Gasteiger charge is 2.36. The predicted octanol–water partition coefficient (Wildman–Crippen LogP) is 4.12. The molecule has 0 radical (unpaired) electrons. The second-order valence-electron chi connectivity index (χ2n) is 5.29. The lowest BCUT2D eigenvalue weighted by Crippen LogP contribution is -2.34. The minimum atomic E-state index is -0.717. The lowest BCUT2D eigenvalue weighted by Gasteiger charge is -2.37. The topological polar surface area (TPSA) is 20.2 Å². The van der Waals surface area contributed by atoms with E-state index in [0.29, 0.717) is 0 Å². The van der Waals surface area contributed by atoms with Crippen LogP contribution in [0.25, 0.3) is 5.57 Å². The monoisotopic (exact) mass is 230 g/mol. The van der Waals surface area contributed by atoms with Gasteiger partial charge in [0.25, 0.3) is 0 Å². The molecule has 1 aliphatic rings. The Kier molecular flexibility index (Phi) is 3.39. The molecule has 0 amide bonds. The van der Waals surface area contributed by atoms with E-state index in [1.807, 2.05) is 19.1 Å². The normalized spacial score (nSPS) is 27.5. The minimum absolute atomic E-state index is 0.248. The fourth-order valence-corrected chi connectivity index (χ4v) is 2.81. The minimum Gasteiger partial charge on any atom is -0.385 e. The highest BCUT2D eigenvalue weighted by atomic mass is 16.3. The number of benzene rings is 1. The zero-order chi connectivity index (χ0) is 12.5. The van der Waals surface area contributed by atoms with Crippen molar-refractivity contribution in [3.8, 4) is 0 Å². The fraction of sp³-hybridized carbons (Fsp3) is 0.500. The summed E-state index contributed by atoms with van der Waals surface area (Å²) in [4.78, 5) is 0. The molecule has 2 rings (SSSR count). The highest BCUT2D eigenvalue weighted by molar-refractivity contribution is 5.70. The zero-order valence-corrected chi connectivity index (χ0v) is 11.0. The maximum absolute atomic E-state index is 10.8. The number of allylic oxidation sites excluding steroid dienone is 1. The molecule has 1 N–H and O–H groups in total. The number of aliphatic hydroxyl groups is 1. The summed E-state index contributed by atoms with van der Waals surface area (Å²) >= 11 is 0. The molecular weight excluding hydrogens is 208 g/mol. The molecule has 0 aliphatic heterocycles. The van der Waals surface area contributed by atoms with E-state index in [0.717, 1.165) is 12.0 Å². The third-order valence-electron chi connectivity index (χ3n) is 3.94. The lowest BCUT2D eigenvalue weighted by molar-refractivity contribution is 0.00764. The van der Waals surface area contributed by atoms with Gasteiger partial charge in [-0.15, -0.1) is 0 Å². The number of hydrogen-bond donors (Lipinski definition) is 1. The average molecular weight is 230 g/mol. The van der Waals surface area contributed by atoms with Crippen molar-refractivity contribution in [2.24, 2.45) is 5.92 Å². The summed E-state index contributed by atoms with van der Waals surface area (Å²) in [6.07, 6.45) is 5.67. The molecule has 17 heavy (non-hydrogen) atoms. The van der Waals surface area contributed by atoms with Crippen LogP contribution >= 0.6 is 0 Å². The predicted molar refractivity (Wildman–Crippen MR) is 72.7 cm³/mol. The van der Waals surface area contributed by atoms with Gasteiger partial charge in [0, 0.05) is 5.92 Å². The van der Waals surface area contributed by atoms with E-state index in [1.54, 1.807) is 0 Å². The van der Waals surface area contributed by atoms with Crippen LogP contribution in [0.3, 0.4) is 0 Å². The van der Waals surface area contributed by atoms with Gasteiger partial charge in [-0.3, -0.25) is 0 Å². The van der Waals surface area contributed by atoms with Crippen molar-refractivity contribution in [2.45, 2.75) is 45.6 Å². The number of fused-ring (bicyclic) bond motifs is 1. The van der Waals surface area contributed by atoms with E-state index in [-0.39, 0.29) is 5.92 Å². The van der Waals surface area contributed by atoms with Crippen LogP contribution in [0.15, 0.2) is 30.3 Å². The molecule has 92 valence electrons. The molecule has 1 aliphatic carbocycles. The molecule has 0 fully saturated rings. The number of hydrogen-bond acceptors (Lipinski definition) is 1. The molecule has 0 aromatic heterocycles. The summed E-state index contributed by atoms with van der Waals surface area (Å²) in [6.45, 7) is 6.30. The van der Waals surface area contributed by atoms with Crippen LogP contribution in [-0.2, 0) is 5.60 Å². The van der Waals surface area contributed by atoms with E-state index in [1.165, 1.54) is 24.0 Å². The van der Waals surface area contributed by atoms with Crippen molar-refractivity contribution < 1.29 is 5.11 Å². The van der Waals surface area contributed by atoms with E-state index in [9.17, 15) is 5.11 Å². The molecule has 1 aromatic rings. The Labute approximate surface area is 104 Å². The van der Waals surface area contributed by atoms with E-state index < -0.39 is 5.60 Å². The maximum atomic E-state index is 10.8. The van der Waals surface area contributed by atoms with Gasteiger partial charge < -0.3 is 5.11 Å². The van der Waals surface area contributed by atoms with Crippen molar-refractivity contribution in [2.75, 3.05) is 0 Å². The summed E-state index contributed by atoms with van der Waals surface area (Å²) < 4.78 is 0. The molecule has 0 saturated carbocycles. The standard InChI is InChI=1S/C16H22O/c1-4-5-8-13-11-12(2)14-9-6-7-10-15(14)16(13,3)17/h6-7,9-11,13,17H,4-5,8H2,1-3H3/t13-,16+/m1/s1. The highest BCUT2D eigenvalue weighted by Crippen LogP contribution is 2.42. The van der Waals surface area contributed by atoms with Crippen LogP contribution in [-0.4, -0.2) is 5.11 Å². The first-order valence-corrected chi connectivity index (χ1v) is 6.58. The van der Waals surface area contributed by atoms with E-state index in [2.05, 4.69) is 32.1 Å². The summed E-state index contributed by atoms with van der Waals surface area (Å²) in [5.74, 6) is 0.248. The van der Waals surface area contributed by atoms with Gasteiger partial charge in [0.05, 0.1) is 5.60 Å². The van der Waals surface area contributed by atoms with Gasteiger partial charge in [0.15, 0.2) is 0 Å². The second kappa shape index (κ2) is 4.66. The largest absolute Gasteiger partial charge is 0.385 e. The van der Waals surface area contributed by atoms with Crippen molar-refractivity contribution in [1.29, 1.82) is 0 Å².